The van der Waals surface area contributed by atoms with Gasteiger partial charge in [0, 0.05) is 17.5 Å². The van der Waals surface area contributed by atoms with E-state index >= 15 is 0 Å². The van der Waals surface area contributed by atoms with Crippen molar-refractivity contribution in [1.29, 1.82) is 5.26 Å². The fraction of sp³-hybridized carbons (Fsp3) is 0.609. The molecule has 1 saturated heterocycles. The first-order valence-corrected chi connectivity index (χ1v) is 10.4. The standard InChI is InChI=1S/C23H33N3O2/c1-5-28-21-14-19-18(13-20(21)27-4)22(25-16-23(19,2)3)17(15-24)9-8-12-26-10-6-7-11-26/h13-14,25H,5-12,16H2,1-4H3/b22-17-. The molecule has 2 heterocycles. The first-order chi connectivity index (χ1) is 13.5. The minimum Gasteiger partial charge on any atom is -0.493 e. The normalized spacial score (nSPS) is 20.1. The third kappa shape index (κ3) is 4.28. The number of nitrogens with zero attached hydrogens (tertiary/aromatic N) is 2. The summed E-state index contributed by atoms with van der Waals surface area (Å²) in [7, 11) is 1.66. The fourth-order valence-corrected chi connectivity index (χ4v) is 4.25. The van der Waals surface area contributed by atoms with Crippen LogP contribution in [0, 0.1) is 11.3 Å². The molecule has 152 valence electrons. The number of methoxy groups -OCH3 is 1. The van der Waals surface area contributed by atoms with E-state index in [1.54, 1.807) is 7.11 Å². The maximum absolute atomic E-state index is 9.87. The van der Waals surface area contributed by atoms with Gasteiger partial charge in [-0.3, -0.25) is 0 Å². The molecular formula is C23H33N3O2. The molecule has 5 heteroatoms. The van der Waals surface area contributed by atoms with Crippen LogP contribution in [0.15, 0.2) is 17.7 Å². The molecular weight excluding hydrogens is 350 g/mol. The van der Waals surface area contributed by atoms with Crippen LogP contribution in [0.25, 0.3) is 5.70 Å². The molecule has 2 aliphatic heterocycles. The SMILES string of the molecule is CCOc1cc2c(cc1OC)/C(=C(/C#N)CCCN1CCCC1)NCC2(C)C. The first-order valence-electron chi connectivity index (χ1n) is 10.4. The van der Waals surface area contributed by atoms with Gasteiger partial charge in [0.15, 0.2) is 11.5 Å². The molecule has 1 N–H and O–H groups in total. The van der Waals surface area contributed by atoms with Crippen molar-refractivity contribution in [3.63, 3.8) is 0 Å². The molecule has 0 amide bonds. The minimum atomic E-state index is -0.0485. The molecule has 0 saturated carbocycles. The predicted molar refractivity (Wildman–Crippen MR) is 113 cm³/mol. The number of nitriles is 1. The van der Waals surface area contributed by atoms with Gasteiger partial charge in [-0.2, -0.15) is 5.26 Å². The van der Waals surface area contributed by atoms with Gasteiger partial charge < -0.3 is 19.7 Å². The van der Waals surface area contributed by atoms with Crippen molar-refractivity contribution in [2.24, 2.45) is 0 Å². The Kier molecular flexibility index (Phi) is 6.51. The number of hydrogen-bond acceptors (Lipinski definition) is 5. The van der Waals surface area contributed by atoms with Crippen LogP contribution >= 0.6 is 0 Å². The van der Waals surface area contributed by atoms with Gasteiger partial charge in [-0.1, -0.05) is 13.8 Å². The van der Waals surface area contributed by atoms with Crippen LogP contribution in [0.5, 0.6) is 11.5 Å². The highest BCUT2D eigenvalue weighted by atomic mass is 16.5. The van der Waals surface area contributed by atoms with Crippen molar-refractivity contribution < 1.29 is 9.47 Å². The van der Waals surface area contributed by atoms with Gasteiger partial charge in [0.05, 0.1) is 31.1 Å². The summed E-state index contributed by atoms with van der Waals surface area (Å²) in [6.07, 6.45) is 4.42. The van der Waals surface area contributed by atoms with E-state index in [1.807, 2.05) is 13.0 Å². The number of rotatable bonds is 7. The van der Waals surface area contributed by atoms with Crippen molar-refractivity contribution in [1.82, 2.24) is 10.2 Å². The number of likely N-dealkylation sites (tertiary alicyclic amines) is 1. The highest BCUT2D eigenvalue weighted by Crippen LogP contribution is 2.42. The van der Waals surface area contributed by atoms with E-state index < -0.39 is 0 Å². The molecule has 0 aliphatic carbocycles. The fourth-order valence-electron chi connectivity index (χ4n) is 4.25. The molecule has 0 unspecified atom stereocenters. The number of allylic oxidation sites excluding steroid dienone is 1. The van der Waals surface area contributed by atoms with Crippen LogP contribution in [0.4, 0.5) is 0 Å². The molecule has 3 rings (SSSR count). The zero-order valence-electron chi connectivity index (χ0n) is 17.7. The topological polar surface area (TPSA) is 57.5 Å². The summed E-state index contributed by atoms with van der Waals surface area (Å²) >= 11 is 0. The van der Waals surface area contributed by atoms with E-state index in [-0.39, 0.29) is 5.41 Å². The molecule has 0 aromatic heterocycles. The van der Waals surface area contributed by atoms with E-state index in [2.05, 4.69) is 36.2 Å². The van der Waals surface area contributed by atoms with Crippen LogP contribution in [0.2, 0.25) is 0 Å². The van der Waals surface area contributed by atoms with E-state index in [0.717, 1.165) is 48.5 Å². The zero-order chi connectivity index (χ0) is 20.1. The van der Waals surface area contributed by atoms with Crippen LogP contribution in [-0.4, -0.2) is 44.8 Å². The largest absolute Gasteiger partial charge is 0.493 e. The highest BCUT2D eigenvalue weighted by molar-refractivity contribution is 5.77. The Morgan fingerprint density at radius 2 is 2.00 bits per heavy atom. The van der Waals surface area contributed by atoms with Crippen LogP contribution < -0.4 is 14.8 Å². The Morgan fingerprint density at radius 3 is 2.64 bits per heavy atom. The lowest BCUT2D eigenvalue weighted by atomic mass is 9.77. The maximum atomic E-state index is 9.87. The lowest BCUT2D eigenvalue weighted by Gasteiger charge is -2.36. The number of fused-ring (bicyclic) bond motifs is 1. The van der Waals surface area contributed by atoms with E-state index in [4.69, 9.17) is 9.47 Å². The molecule has 1 fully saturated rings. The second-order valence-electron chi connectivity index (χ2n) is 8.34. The van der Waals surface area contributed by atoms with Crippen molar-refractivity contribution in [2.45, 2.75) is 51.9 Å². The Labute approximate surface area is 169 Å². The Hall–Kier alpha value is -2.19. The Balaban J connectivity index is 1.93. The smallest absolute Gasteiger partial charge is 0.161 e. The van der Waals surface area contributed by atoms with E-state index in [0.29, 0.717) is 12.4 Å². The van der Waals surface area contributed by atoms with Crippen LogP contribution in [0.1, 0.15) is 57.6 Å². The highest BCUT2D eigenvalue weighted by Gasteiger charge is 2.32. The summed E-state index contributed by atoms with van der Waals surface area (Å²) in [5.41, 5.74) is 4.02. The molecule has 0 bridgehead atoms. The Morgan fingerprint density at radius 1 is 1.25 bits per heavy atom. The summed E-state index contributed by atoms with van der Waals surface area (Å²) in [5, 5.41) is 13.4. The first kappa shape index (κ1) is 20.5. The average molecular weight is 384 g/mol. The summed E-state index contributed by atoms with van der Waals surface area (Å²) in [6, 6.07) is 6.59. The minimum absolute atomic E-state index is 0.0485. The zero-order valence-corrected chi connectivity index (χ0v) is 17.7. The van der Waals surface area contributed by atoms with Gasteiger partial charge >= 0.3 is 0 Å². The maximum Gasteiger partial charge on any atom is 0.161 e. The second-order valence-corrected chi connectivity index (χ2v) is 8.34. The molecule has 28 heavy (non-hydrogen) atoms. The molecule has 0 atom stereocenters. The molecule has 0 radical (unpaired) electrons. The van der Waals surface area contributed by atoms with Crippen molar-refractivity contribution in [2.75, 3.05) is 39.9 Å². The molecule has 1 aromatic carbocycles. The quantitative estimate of drug-likeness (QED) is 0.719. The van der Waals surface area contributed by atoms with Gasteiger partial charge in [-0.05, 0) is 69.9 Å². The van der Waals surface area contributed by atoms with Crippen molar-refractivity contribution in [3.8, 4) is 17.6 Å². The van der Waals surface area contributed by atoms with Gasteiger partial charge in [-0.15, -0.1) is 0 Å². The molecule has 0 spiro atoms. The van der Waals surface area contributed by atoms with Gasteiger partial charge in [0.25, 0.3) is 0 Å². The predicted octanol–water partition coefficient (Wildman–Crippen LogP) is 4.09. The van der Waals surface area contributed by atoms with Gasteiger partial charge in [0.1, 0.15) is 0 Å². The summed E-state index contributed by atoms with van der Waals surface area (Å²) < 4.78 is 11.4. The number of hydrogen-bond donors (Lipinski definition) is 1. The van der Waals surface area contributed by atoms with E-state index in [1.165, 1.54) is 31.5 Å². The van der Waals surface area contributed by atoms with Crippen LogP contribution in [0.3, 0.4) is 0 Å². The summed E-state index contributed by atoms with van der Waals surface area (Å²) in [4.78, 5) is 2.50. The van der Waals surface area contributed by atoms with Gasteiger partial charge in [-0.25, -0.2) is 0 Å². The Bertz CT molecular complexity index is 771. The van der Waals surface area contributed by atoms with Crippen molar-refractivity contribution in [3.05, 3.63) is 28.8 Å². The van der Waals surface area contributed by atoms with E-state index in [9.17, 15) is 5.26 Å². The number of nitrogens with one attached hydrogen (secondary N) is 1. The average Bonchev–Trinajstić information content (AvgIpc) is 3.20. The molecule has 2 aliphatic rings. The summed E-state index contributed by atoms with van der Waals surface area (Å²) in [6.45, 7) is 11.3. The third-order valence-corrected chi connectivity index (χ3v) is 5.85. The summed E-state index contributed by atoms with van der Waals surface area (Å²) in [5.74, 6) is 1.48. The number of benzene rings is 1. The monoisotopic (exact) mass is 383 g/mol. The second kappa shape index (κ2) is 8.87. The number of ether oxygens (including phenoxy) is 2. The third-order valence-electron chi connectivity index (χ3n) is 5.85. The molecule has 5 nitrogen and oxygen atoms in total. The lowest BCUT2D eigenvalue weighted by Crippen LogP contribution is -2.38. The van der Waals surface area contributed by atoms with Crippen LogP contribution in [-0.2, 0) is 5.41 Å². The molecule has 1 aromatic rings. The van der Waals surface area contributed by atoms with Gasteiger partial charge in [0.2, 0.25) is 0 Å². The van der Waals surface area contributed by atoms with Crippen molar-refractivity contribution >= 4 is 5.70 Å². The lowest BCUT2D eigenvalue weighted by molar-refractivity contribution is 0.309.